The highest BCUT2D eigenvalue weighted by Crippen LogP contribution is 2.26. The number of aryl methyl sites for hydroxylation is 2. The molecule has 0 unspecified atom stereocenters. The minimum Gasteiger partial charge on any atom is -0.493 e. The number of ether oxygens (including phenoxy) is 2. The number of nitrogens with zero attached hydrogens (tertiary/aromatic N) is 2. The van der Waals surface area contributed by atoms with Crippen LogP contribution in [0.1, 0.15) is 81.0 Å². The summed E-state index contributed by atoms with van der Waals surface area (Å²) in [6.07, 6.45) is 9.30. The molecule has 0 radical (unpaired) electrons. The van der Waals surface area contributed by atoms with Gasteiger partial charge in [-0.1, -0.05) is 81.5 Å². The molecule has 1 heterocycles. The Balaban J connectivity index is 1.27. The SMILES string of the molecule is CCCCCCCCc1ccc(OC(=O)N(CC=O)[C@@H](C)c2ccc(OCCc3oc(-c4ccccc4)nc3C)cc2)cc1. The van der Waals surface area contributed by atoms with Crippen LogP contribution in [0.4, 0.5) is 4.79 Å². The van der Waals surface area contributed by atoms with Gasteiger partial charge >= 0.3 is 6.09 Å². The molecule has 232 valence electrons. The van der Waals surface area contributed by atoms with Gasteiger partial charge < -0.3 is 18.7 Å². The van der Waals surface area contributed by atoms with E-state index in [1.807, 2.05) is 92.7 Å². The minimum absolute atomic E-state index is 0.0735. The Morgan fingerprint density at radius 1 is 0.886 bits per heavy atom. The molecule has 0 saturated heterocycles. The van der Waals surface area contributed by atoms with Gasteiger partial charge in [-0.3, -0.25) is 4.90 Å². The van der Waals surface area contributed by atoms with Crippen LogP contribution < -0.4 is 9.47 Å². The van der Waals surface area contributed by atoms with E-state index in [1.165, 1.54) is 42.6 Å². The van der Waals surface area contributed by atoms with Crippen molar-refractivity contribution in [2.45, 2.75) is 78.2 Å². The molecule has 7 heteroatoms. The van der Waals surface area contributed by atoms with Gasteiger partial charge in [-0.05, 0) is 74.2 Å². The second-order valence-electron chi connectivity index (χ2n) is 11.1. The van der Waals surface area contributed by atoms with Crippen molar-refractivity contribution in [1.82, 2.24) is 9.88 Å². The first-order chi connectivity index (χ1) is 21.5. The number of amides is 1. The summed E-state index contributed by atoms with van der Waals surface area (Å²) in [6.45, 7) is 6.40. The van der Waals surface area contributed by atoms with Crippen molar-refractivity contribution in [3.8, 4) is 23.0 Å². The average molecular weight is 597 g/mol. The molecule has 0 aliphatic carbocycles. The Morgan fingerprint density at radius 2 is 1.57 bits per heavy atom. The van der Waals surface area contributed by atoms with E-state index in [1.54, 1.807) is 0 Å². The van der Waals surface area contributed by atoms with Crippen molar-refractivity contribution in [1.29, 1.82) is 0 Å². The smallest absolute Gasteiger partial charge is 0.416 e. The highest BCUT2D eigenvalue weighted by molar-refractivity contribution is 5.74. The number of carbonyl (C=O) groups excluding carboxylic acids is 2. The average Bonchev–Trinajstić information content (AvgIpc) is 3.42. The van der Waals surface area contributed by atoms with Gasteiger partial charge in [-0.2, -0.15) is 0 Å². The van der Waals surface area contributed by atoms with E-state index in [0.29, 0.717) is 36.7 Å². The third-order valence-electron chi connectivity index (χ3n) is 7.79. The lowest BCUT2D eigenvalue weighted by molar-refractivity contribution is -0.108. The van der Waals surface area contributed by atoms with Crippen molar-refractivity contribution in [2.75, 3.05) is 13.2 Å². The number of oxazole rings is 1. The van der Waals surface area contributed by atoms with E-state index in [2.05, 4.69) is 11.9 Å². The molecule has 1 atom stereocenters. The monoisotopic (exact) mass is 596 g/mol. The molecular formula is C37H44N2O5. The lowest BCUT2D eigenvalue weighted by Crippen LogP contribution is -2.37. The summed E-state index contributed by atoms with van der Waals surface area (Å²) in [5.74, 6) is 2.57. The largest absolute Gasteiger partial charge is 0.493 e. The fourth-order valence-electron chi connectivity index (χ4n) is 5.11. The van der Waals surface area contributed by atoms with Gasteiger partial charge in [0.15, 0.2) is 0 Å². The maximum atomic E-state index is 13.1. The van der Waals surface area contributed by atoms with E-state index in [4.69, 9.17) is 13.9 Å². The van der Waals surface area contributed by atoms with Crippen LogP contribution in [-0.4, -0.2) is 35.4 Å². The van der Waals surface area contributed by atoms with E-state index in [0.717, 1.165) is 35.4 Å². The zero-order valence-electron chi connectivity index (χ0n) is 26.2. The Hall–Kier alpha value is -4.39. The van der Waals surface area contributed by atoms with Crippen molar-refractivity contribution in [3.63, 3.8) is 0 Å². The molecule has 0 N–H and O–H groups in total. The summed E-state index contributed by atoms with van der Waals surface area (Å²) in [5.41, 5.74) is 3.89. The number of unbranched alkanes of at least 4 members (excludes halogenated alkanes) is 5. The Bertz CT molecular complexity index is 1430. The highest BCUT2D eigenvalue weighted by Gasteiger charge is 2.23. The molecule has 4 aromatic rings. The second kappa shape index (κ2) is 17.0. The van der Waals surface area contributed by atoms with Crippen LogP contribution in [0.3, 0.4) is 0 Å². The van der Waals surface area contributed by atoms with Gasteiger partial charge in [0, 0.05) is 12.0 Å². The van der Waals surface area contributed by atoms with Crippen LogP contribution >= 0.6 is 0 Å². The molecule has 0 spiro atoms. The number of aldehydes is 1. The lowest BCUT2D eigenvalue weighted by atomic mass is 10.0. The first kappa shape index (κ1) is 32.5. The topological polar surface area (TPSA) is 81.9 Å². The van der Waals surface area contributed by atoms with Crippen LogP contribution in [0, 0.1) is 6.92 Å². The first-order valence-electron chi connectivity index (χ1n) is 15.7. The number of hydrogen-bond acceptors (Lipinski definition) is 6. The van der Waals surface area contributed by atoms with Crippen LogP contribution in [0.25, 0.3) is 11.5 Å². The molecule has 0 bridgehead atoms. The predicted molar refractivity (Wildman–Crippen MR) is 173 cm³/mol. The van der Waals surface area contributed by atoms with Crippen LogP contribution in [0.2, 0.25) is 0 Å². The number of rotatable bonds is 17. The van der Waals surface area contributed by atoms with Crippen LogP contribution in [0.5, 0.6) is 11.5 Å². The zero-order chi connectivity index (χ0) is 31.1. The normalized spacial score (nSPS) is 11.6. The summed E-state index contributed by atoms with van der Waals surface area (Å²) >= 11 is 0. The van der Waals surface area contributed by atoms with E-state index in [9.17, 15) is 9.59 Å². The standard InChI is InChI=1S/C37H44N2O5/c1-4-5-6-7-8-10-13-30-16-20-34(21-17-30)43-37(41)39(25-26-40)29(3)31-18-22-33(23-19-31)42-27-24-35-28(2)38-36(44-35)32-14-11-9-12-15-32/h9,11-12,14-23,26,29H,4-8,10,13,24-25,27H2,1-3H3/t29-/m0/s1. The molecular weight excluding hydrogens is 552 g/mol. The first-order valence-corrected chi connectivity index (χ1v) is 15.7. The Labute approximate surface area is 261 Å². The second-order valence-corrected chi connectivity index (χ2v) is 11.1. The molecule has 1 aromatic heterocycles. The third kappa shape index (κ3) is 9.56. The summed E-state index contributed by atoms with van der Waals surface area (Å²) in [6, 6.07) is 24.6. The minimum atomic E-state index is -0.564. The molecule has 3 aromatic carbocycles. The van der Waals surface area contributed by atoms with Crippen molar-refractivity contribution >= 4 is 12.4 Å². The van der Waals surface area contributed by atoms with E-state index < -0.39 is 6.09 Å². The molecule has 7 nitrogen and oxygen atoms in total. The lowest BCUT2D eigenvalue weighted by Gasteiger charge is -2.27. The van der Waals surface area contributed by atoms with Crippen LogP contribution in [-0.2, 0) is 17.6 Å². The van der Waals surface area contributed by atoms with Gasteiger partial charge in [0.1, 0.15) is 23.5 Å². The zero-order valence-corrected chi connectivity index (χ0v) is 26.2. The van der Waals surface area contributed by atoms with E-state index in [-0.39, 0.29) is 12.6 Å². The molecule has 0 aliphatic rings. The molecule has 0 aliphatic heterocycles. The predicted octanol–water partition coefficient (Wildman–Crippen LogP) is 8.94. The Kier molecular flexibility index (Phi) is 12.6. The van der Waals surface area contributed by atoms with E-state index >= 15 is 0 Å². The molecule has 0 saturated carbocycles. The fraction of sp³-hybridized carbons (Fsp3) is 0.378. The molecule has 4 rings (SSSR count). The maximum absolute atomic E-state index is 13.1. The number of carbonyl (C=O) groups is 2. The van der Waals surface area contributed by atoms with Crippen molar-refractivity contribution < 1.29 is 23.5 Å². The third-order valence-corrected chi connectivity index (χ3v) is 7.79. The number of aromatic nitrogens is 1. The van der Waals surface area contributed by atoms with Gasteiger partial charge in [-0.25, -0.2) is 9.78 Å². The molecule has 1 amide bonds. The number of hydrogen-bond donors (Lipinski definition) is 0. The fourth-order valence-corrected chi connectivity index (χ4v) is 5.11. The van der Waals surface area contributed by atoms with Crippen molar-refractivity contribution in [2.24, 2.45) is 0 Å². The van der Waals surface area contributed by atoms with Gasteiger partial charge in [-0.15, -0.1) is 0 Å². The summed E-state index contributed by atoms with van der Waals surface area (Å²) in [7, 11) is 0. The quantitative estimate of drug-likeness (QED) is 0.0894. The van der Waals surface area contributed by atoms with Crippen molar-refractivity contribution in [3.05, 3.63) is 101 Å². The van der Waals surface area contributed by atoms with Gasteiger partial charge in [0.25, 0.3) is 0 Å². The summed E-state index contributed by atoms with van der Waals surface area (Å²) in [4.78, 5) is 30.5. The Morgan fingerprint density at radius 3 is 2.27 bits per heavy atom. The van der Waals surface area contributed by atoms with Crippen LogP contribution in [0.15, 0.2) is 83.3 Å². The van der Waals surface area contributed by atoms with Gasteiger partial charge in [0.05, 0.1) is 24.9 Å². The van der Waals surface area contributed by atoms with Gasteiger partial charge in [0.2, 0.25) is 5.89 Å². The molecule has 44 heavy (non-hydrogen) atoms. The summed E-state index contributed by atoms with van der Waals surface area (Å²) in [5, 5.41) is 0. The summed E-state index contributed by atoms with van der Waals surface area (Å²) < 4.78 is 17.6. The molecule has 0 fully saturated rings. The highest BCUT2D eigenvalue weighted by atomic mass is 16.6. The number of benzene rings is 3. The maximum Gasteiger partial charge on any atom is 0.416 e.